The van der Waals surface area contributed by atoms with Gasteiger partial charge in [0.05, 0.1) is 0 Å². The SMILES string of the molecule is CCCCCCCCN.O[SiH](O)O. The highest BCUT2D eigenvalue weighted by Crippen LogP contribution is 2.03. The number of rotatable bonds is 6. The molecular formula is C8H23NO3Si. The van der Waals surface area contributed by atoms with Crippen LogP contribution in [-0.2, 0) is 0 Å². The van der Waals surface area contributed by atoms with Crippen LogP contribution in [0.2, 0.25) is 0 Å². The van der Waals surface area contributed by atoms with Gasteiger partial charge in [-0.3, -0.25) is 0 Å². The first kappa shape index (κ1) is 15.5. The lowest BCUT2D eigenvalue weighted by molar-refractivity contribution is 0.278. The van der Waals surface area contributed by atoms with Crippen molar-refractivity contribution >= 4 is 9.53 Å². The van der Waals surface area contributed by atoms with Crippen molar-refractivity contribution < 1.29 is 14.4 Å². The highest BCUT2D eigenvalue weighted by Gasteiger charge is 1.85. The lowest BCUT2D eigenvalue weighted by Gasteiger charge is -1.96. The fraction of sp³-hybridized carbons (Fsp3) is 1.00. The average molecular weight is 209 g/mol. The molecule has 0 heterocycles. The van der Waals surface area contributed by atoms with Gasteiger partial charge >= 0.3 is 9.53 Å². The zero-order valence-corrected chi connectivity index (χ0v) is 9.60. The standard InChI is InChI=1S/C8H19N.H4O3Si/c1-2-3-4-5-6-7-8-9;1-4(2)3/h2-9H2,1H3;1-4H. The van der Waals surface area contributed by atoms with Crippen LogP contribution in [0.4, 0.5) is 0 Å². The molecule has 0 amide bonds. The van der Waals surface area contributed by atoms with E-state index in [1.54, 1.807) is 0 Å². The monoisotopic (exact) mass is 209 g/mol. The van der Waals surface area contributed by atoms with Gasteiger partial charge in [0.25, 0.3) is 0 Å². The number of hydrogen-bond donors (Lipinski definition) is 4. The molecular weight excluding hydrogens is 186 g/mol. The highest BCUT2D eigenvalue weighted by atomic mass is 28.3. The molecule has 0 aliphatic heterocycles. The zero-order chi connectivity index (χ0) is 10.5. The van der Waals surface area contributed by atoms with Crippen LogP contribution >= 0.6 is 0 Å². The van der Waals surface area contributed by atoms with Crippen LogP contribution in [0, 0.1) is 0 Å². The van der Waals surface area contributed by atoms with Crippen molar-refractivity contribution in [3.8, 4) is 0 Å². The maximum absolute atomic E-state index is 7.31. The Kier molecular flexibility index (Phi) is 17.4. The van der Waals surface area contributed by atoms with Crippen molar-refractivity contribution in [2.75, 3.05) is 6.54 Å². The van der Waals surface area contributed by atoms with E-state index in [1.165, 1.54) is 38.5 Å². The van der Waals surface area contributed by atoms with E-state index in [0.717, 1.165) is 6.54 Å². The van der Waals surface area contributed by atoms with Gasteiger partial charge in [0.2, 0.25) is 0 Å². The summed E-state index contributed by atoms with van der Waals surface area (Å²) in [4.78, 5) is 21.9. The fourth-order valence-corrected chi connectivity index (χ4v) is 0.925. The van der Waals surface area contributed by atoms with E-state index in [0.29, 0.717) is 0 Å². The minimum Gasteiger partial charge on any atom is -0.392 e. The summed E-state index contributed by atoms with van der Waals surface area (Å²) in [6.07, 6.45) is 8.05. The number of unbranched alkanes of at least 4 members (excludes halogenated alkanes) is 5. The maximum Gasteiger partial charge on any atom is 0.475 e. The third-order valence-electron chi connectivity index (χ3n) is 1.56. The van der Waals surface area contributed by atoms with Crippen molar-refractivity contribution in [1.82, 2.24) is 0 Å². The van der Waals surface area contributed by atoms with Crippen LogP contribution in [0.3, 0.4) is 0 Å². The maximum atomic E-state index is 7.31. The van der Waals surface area contributed by atoms with Crippen molar-refractivity contribution in [2.45, 2.75) is 45.4 Å². The van der Waals surface area contributed by atoms with Gasteiger partial charge in [-0.15, -0.1) is 0 Å². The highest BCUT2D eigenvalue weighted by molar-refractivity contribution is 6.30. The molecule has 0 aromatic heterocycles. The molecule has 0 fully saturated rings. The molecule has 0 rings (SSSR count). The molecule has 0 aliphatic rings. The Balaban J connectivity index is 0. The van der Waals surface area contributed by atoms with Crippen LogP contribution in [0.5, 0.6) is 0 Å². The Bertz CT molecular complexity index is 75.0. The molecule has 4 nitrogen and oxygen atoms in total. The molecule has 0 unspecified atom stereocenters. The van der Waals surface area contributed by atoms with Crippen LogP contribution in [-0.4, -0.2) is 30.5 Å². The normalized spacial score (nSPS) is 9.69. The summed E-state index contributed by atoms with van der Waals surface area (Å²) in [5, 5.41) is 0. The first-order chi connectivity index (χ1) is 6.15. The largest absolute Gasteiger partial charge is 0.475 e. The van der Waals surface area contributed by atoms with E-state index >= 15 is 0 Å². The van der Waals surface area contributed by atoms with Gasteiger partial charge in [-0.25, -0.2) is 0 Å². The smallest absolute Gasteiger partial charge is 0.392 e. The zero-order valence-electron chi connectivity index (χ0n) is 8.45. The first-order valence-electron chi connectivity index (χ1n) is 4.89. The predicted molar refractivity (Wildman–Crippen MR) is 56.2 cm³/mol. The van der Waals surface area contributed by atoms with Crippen molar-refractivity contribution in [2.24, 2.45) is 5.73 Å². The second-order valence-corrected chi connectivity index (χ2v) is 3.60. The Hall–Kier alpha value is 0.0569. The predicted octanol–water partition coefficient (Wildman–Crippen LogP) is -0.0139. The van der Waals surface area contributed by atoms with Crippen LogP contribution in [0.1, 0.15) is 45.4 Å². The molecule has 0 saturated heterocycles. The second-order valence-electron chi connectivity index (χ2n) is 2.90. The molecule has 13 heavy (non-hydrogen) atoms. The summed E-state index contributed by atoms with van der Waals surface area (Å²) in [5.74, 6) is 0. The van der Waals surface area contributed by atoms with E-state index in [2.05, 4.69) is 6.92 Å². The van der Waals surface area contributed by atoms with Crippen LogP contribution < -0.4 is 5.73 Å². The lowest BCUT2D eigenvalue weighted by atomic mass is 10.1. The Labute approximate surface area is 82.4 Å². The molecule has 82 valence electrons. The molecule has 0 aromatic rings. The van der Waals surface area contributed by atoms with Crippen molar-refractivity contribution in [1.29, 1.82) is 0 Å². The van der Waals surface area contributed by atoms with Gasteiger partial charge in [-0.05, 0) is 13.0 Å². The fourth-order valence-electron chi connectivity index (χ4n) is 0.925. The van der Waals surface area contributed by atoms with Crippen molar-refractivity contribution in [3.63, 3.8) is 0 Å². The molecule has 5 N–H and O–H groups in total. The van der Waals surface area contributed by atoms with Gasteiger partial charge < -0.3 is 20.1 Å². The summed E-state index contributed by atoms with van der Waals surface area (Å²) < 4.78 is 0. The minimum absolute atomic E-state index is 0.867. The molecule has 0 aromatic carbocycles. The molecule has 0 bridgehead atoms. The Morgan fingerprint density at radius 3 is 1.69 bits per heavy atom. The van der Waals surface area contributed by atoms with E-state index in [1.807, 2.05) is 0 Å². The van der Waals surface area contributed by atoms with E-state index in [9.17, 15) is 0 Å². The summed E-state index contributed by atoms with van der Waals surface area (Å²) in [6.45, 7) is 3.11. The van der Waals surface area contributed by atoms with Crippen molar-refractivity contribution in [3.05, 3.63) is 0 Å². The topological polar surface area (TPSA) is 86.7 Å². The van der Waals surface area contributed by atoms with E-state index < -0.39 is 9.53 Å². The molecule has 0 radical (unpaired) electrons. The molecule has 0 saturated carbocycles. The Morgan fingerprint density at radius 1 is 0.923 bits per heavy atom. The third-order valence-corrected chi connectivity index (χ3v) is 1.56. The van der Waals surface area contributed by atoms with Crippen LogP contribution in [0.25, 0.3) is 0 Å². The summed E-state index contributed by atoms with van der Waals surface area (Å²) in [7, 11) is -3.14. The van der Waals surface area contributed by atoms with Crippen LogP contribution in [0.15, 0.2) is 0 Å². The molecule has 5 heteroatoms. The lowest BCUT2D eigenvalue weighted by Crippen LogP contribution is -2.07. The number of nitrogens with two attached hydrogens (primary N) is 1. The van der Waals surface area contributed by atoms with Gasteiger partial charge in [-0.2, -0.15) is 0 Å². The quantitative estimate of drug-likeness (QED) is 0.366. The molecule has 0 atom stereocenters. The minimum atomic E-state index is -3.14. The summed E-state index contributed by atoms with van der Waals surface area (Å²) in [6, 6.07) is 0. The number of hydrogen-bond acceptors (Lipinski definition) is 4. The van der Waals surface area contributed by atoms with Gasteiger partial charge in [0.1, 0.15) is 0 Å². The van der Waals surface area contributed by atoms with E-state index in [-0.39, 0.29) is 0 Å². The average Bonchev–Trinajstić information content (AvgIpc) is 2.03. The molecule has 0 spiro atoms. The summed E-state index contributed by atoms with van der Waals surface area (Å²) >= 11 is 0. The second kappa shape index (κ2) is 14.6. The Morgan fingerprint density at radius 2 is 1.31 bits per heavy atom. The van der Waals surface area contributed by atoms with E-state index in [4.69, 9.17) is 20.1 Å². The summed E-state index contributed by atoms with van der Waals surface area (Å²) in [5.41, 5.74) is 5.34. The van der Waals surface area contributed by atoms with Gasteiger partial charge in [0.15, 0.2) is 0 Å². The third kappa shape index (κ3) is 33.2. The van der Waals surface area contributed by atoms with Gasteiger partial charge in [0, 0.05) is 0 Å². The molecule has 0 aliphatic carbocycles. The van der Waals surface area contributed by atoms with Gasteiger partial charge in [-0.1, -0.05) is 39.0 Å². The first-order valence-corrected chi connectivity index (χ1v) is 6.44.